The van der Waals surface area contributed by atoms with Crippen molar-refractivity contribution in [1.29, 1.82) is 0 Å². The summed E-state index contributed by atoms with van der Waals surface area (Å²) in [7, 11) is 6.18. The highest BCUT2D eigenvalue weighted by atomic mass is 79.9. The van der Waals surface area contributed by atoms with Crippen molar-refractivity contribution >= 4 is 27.3 Å². The fourth-order valence-corrected chi connectivity index (χ4v) is 3.42. The van der Waals surface area contributed by atoms with Crippen LogP contribution in [0, 0.1) is 0 Å². The zero-order chi connectivity index (χ0) is 15.0. The van der Waals surface area contributed by atoms with Crippen molar-refractivity contribution in [3.63, 3.8) is 0 Å². The van der Waals surface area contributed by atoms with Gasteiger partial charge in [-0.3, -0.25) is 4.68 Å². The zero-order valence-corrected chi connectivity index (χ0v) is 14.3. The first-order valence-electron chi connectivity index (χ1n) is 7.30. The maximum atomic E-state index is 4.42. The SMILES string of the molecule is CN(C)c1ccc(Br)cc1NC1CCCc2c1cnn2C. The molecular weight excluding hydrogens is 328 g/mol. The first-order valence-corrected chi connectivity index (χ1v) is 8.09. The highest BCUT2D eigenvalue weighted by Gasteiger charge is 2.24. The molecule has 0 spiro atoms. The first kappa shape index (κ1) is 14.4. The van der Waals surface area contributed by atoms with E-state index in [0.717, 1.165) is 23.0 Å². The van der Waals surface area contributed by atoms with Crippen LogP contribution in [0.3, 0.4) is 0 Å². The molecule has 0 saturated carbocycles. The Bertz CT molecular complexity index is 648. The molecule has 0 bridgehead atoms. The fourth-order valence-electron chi connectivity index (χ4n) is 3.06. The summed E-state index contributed by atoms with van der Waals surface area (Å²) in [4.78, 5) is 2.14. The predicted octanol–water partition coefficient (Wildman–Crippen LogP) is 3.74. The van der Waals surface area contributed by atoms with Crippen molar-refractivity contribution in [1.82, 2.24) is 9.78 Å². The second-order valence-electron chi connectivity index (χ2n) is 5.82. The Labute approximate surface area is 134 Å². The molecular formula is C16H21BrN4. The minimum absolute atomic E-state index is 0.343. The smallest absolute Gasteiger partial charge is 0.0597 e. The van der Waals surface area contributed by atoms with Gasteiger partial charge in [0.05, 0.1) is 23.6 Å². The van der Waals surface area contributed by atoms with Gasteiger partial charge in [-0.15, -0.1) is 0 Å². The van der Waals surface area contributed by atoms with Gasteiger partial charge in [-0.05, 0) is 37.5 Å². The summed E-state index contributed by atoms with van der Waals surface area (Å²) >= 11 is 3.57. The Morgan fingerprint density at radius 1 is 1.38 bits per heavy atom. The number of nitrogens with zero attached hydrogens (tertiary/aromatic N) is 3. The average molecular weight is 349 g/mol. The number of hydrogen-bond donors (Lipinski definition) is 1. The molecule has 1 atom stereocenters. The lowest BCUT2D eigenvalue weighted by atomic mass is 9.92. The summed E-state index contributed by atoms with van der Waals surface area (Å²) in [5, 5.41) is 8.14. The Kier molecular flexibility index (Phi) is 3.93. The highest BCUT2D eigenvalue weighted by molar-refractivity contribution is 9.10. The van der Waals surface area contributed by atoms with Crippen molar-refractivity contribution in [3.8, 4) is 0 Å². The Morgan fingerprint density at radius 2 is 2.19 bits per heavy atom. The molecule has 1 heterocycles. The largest absolute Gasteiger partial charge is 0.376 e. The number of anilines is 2. The van der Waals surface area contributed by atoms with Crippen molar-refractivity contribution in [2.75, 3.05) is 24.3 Å². The van der Waals surface area contributed by atoms with Crippen LogP contribution >= 0.6 is 15.9 Å². The van der Waals surface area contributed by atoms with Gasteiger partial charge in [0.25, 0.3) is 0 Å². The number of rotatable bonds is 3. The fraction of sp³-hybridized carbons (Fsp3) is 0.438. The Morgan fingerprint density at radius 3 is 2.95 bits per heavy atom. The lowest BCUT2D eigenvalue weighted by Gasteiger charge is -2.27. The predicted molar refractivity (Wildman–Crippen MR) is 91.0 cm³/mol. The number of fused-ring (bicyclic) bond motifs is 1. The van der Waals surface area contributed by atoms with Gasteiger partial charge in [0.15, 0.2) is 0 Å². The monoisotopic (exact) mass is 348 g/mol. The number of benzene rings is 1. The molecule has 5 heteroatoms. The van der Waals surface area contributed by atoms with E-state index in [4.69, 9.17) is 0 Å². The third-order valence-electron chi connectivity index (χ3n) is 4.15. The summed E-state index contributed by atoms with van der Waals surface area (Å²) in [6, 6.07) is 6.71. The van der Waals surface area contributed by atoms with Crippen LogP contribution in [0.1, 0.15) is 30.1 Å². The molecule has 4 nitrogen and oxygen atoms in total. The van der Waals surface area contributed by atoms with E-state index in [-0.39, 0.29) is 0 Å². The molecule has 1 aliphatic rings. The molecule has 0 radical (unpaired) electrons. The van der Waals surface area contributed by atoms with Gasteiger partial charge >= 0.3 is 0 Å². The number of halogens is 1. The van der Waals surface area contributed by atoms with E-state index in [2.05, 4.69) is 63.5 Å². The van der Waals surface area contributed by atoms with Gasteiger partial charge in [0, 0.05) is 36.9 Å². The third kappa shape index (κ3) is 2.79. The Hall–Kier alpha value is -1.49. The van der Waals surface area contributed by atoms with Crippen LogP contribution in [-0.4, -0.2) is 23.9 Å². The quantitative estimate of drug-likeness (QED) is 0.917. The minimum atomic E-state index is 0.343. The second kappa shape index (κ2) is 5.72. The molecule has 0 amide bonds. The number of aryl methyl sites for hydroxylation is 1. The van der Waals surface area contributed by atoms with E-state index in [9.17, 15) is 0 Å². The molecule has 1 aliphatic carbocycles. The van der Waals surface area contributed by atoms with Crippen LogP contribution in [0.4, 0.5) is 11.4 Å². The third-order valence-corrected chi connectivity index (χ3v) is 4.64. The standard InChI is InChI=1S/C16H21BrN4/c1-20(2)16-8-7-11(17)9-14(16)19-13-5-4-6-15-12(13)10-18-21(15)3/h7-10,13,19H,4-6H2,1-3H3. The van der Waals surface area contributed by atoms with E-state index >= 15 is 0 Å². The molecule has 0 aliphatic heterocycles. The summed E-state index contributed by atoms with van der Waals surface area (Å²) in [5.41, 5.74) is 5.07. The van der Waals surface area contributed by atoms with Gasteiger partial charge in [-0.2, -0.15) is 5.10 Å². The van der Waals surface area contributed by atoms with Crippen LogP contribution < -0.4 is 10.2 Å². The van der Waals surface area contributed by atoms with Gasteiger partial charge in [0.2, 0.25) is 0 Å². The average Bonchev–Trinajstić information content (AvgIpc) is 2.82. The number of hydrogen-bond acceptors (Lipinski definition) is 3. The van der Waals surface area contributed by atoms with Crippen molar-refractivity contribution < 1.29 is 0 Å². The maximum Gasteiger partial charge on any atom is 0.0597 e. The van der Waals surface area contributed by atoms with Gasteiger partial charge in [0.1, 0.15) is 0 Å². The topological polar surface area (TPSA) is 33.1 Å². The molecule has 0 fully saturated rings. The highest BCUT2D eigenvalue weighted by Crippen LogP contribution is 2.36. The lowest BCUT2D eigenvalue weighted by Crippen LogP contribution is -2.19. The molecule has 21 heavy (non-hydrogen) atoms. The van der Waals surface area contributed by atoms with Gasteiger partial charge < -0.3 is 10.2 Å². The summed E-state index contributed by atoms with van der Waals surface area (Å²) < 4.78 is 3.11. The molecule has 112 valence electrons. The molecule has 0 saturated heterocycles. The second-order valence-corrected chi connectivity index (χ2v) is 6.73. The van der Waals surface area contributed by atoms with E-state index in [0.29, 0.717) is 6.04 Å². The van der Waals surface area contributed by atoms with E-state index < -0.39 is 0 Å². The van der Waals surface area contributed by atoms with Crippen LogP contribution in [0.15, 0.2) is 28.9 Å². The normalized spacial score (nSPS) is 17.4. The summed E-state index contributed by atoms with van der Waals surface area (Å²) in [6.45, 7) is 0. The van der Waals surface area contributed by atoms with Crippen LogP contribution in [0.25, 0.3) is 0 Å². The molecule has 3 rings (SSSR count). The van der Waals surface area contributed by atoms with Crippen molar-refractivity contribution in [3.05, 3.63) is 40.1 Å². The summed E-state index contributed by atoms with van der Waals surface area (Å²) in [5.74, 6) is 0. The summed E-state index contributed by atoms with van der Waals surface area (Å²) in [6.07, 6.45) is 5.50. The first-order chi connectivity index (χ1) is 10.1. The Balaban J connectivity index is 1.93. The van der Waals surface area contributed by atoms with E-state index in [1.54, 1.807) is 0 Å². The number of nitrogens with one attached hydrogen (secondary N) is 1. The number of aromatic nitrogens is 2. The molecule has 1 aromatic heterocycles. The van der Waals surface area contributed by atoms with Crippen LogP contribution in [-0.2, 0) is 13.5 Å². The lowest BCUT2D eigenvalue weighted by molar-refractivity contribution is 0.571. The van der Waals surface area contributed by atoms with Crippen molar-refractivity contribution in [2.45, 2.75) is 25.3 Å². The maximum absolute atomic E-state index is 4.42. The van der Waals surface area contributed by atoms with Crippen molar-refractivity contribution in [2.24, 2.45) is 7.05 Å². The van der Waals surface area contributed by atoms with Gasteiger partial charge in [-0.25, -0.2) is 0 Å². The minimum Gasteiger partial charge on any atom is -0.376 e. The van der Waals surface area contributed by atoms with E-state index in [1.165, 1.54) is 23.4 Å². The molecule has 1 unspecified atom stereocenters. The zero-order valence-electron chi connectivity index (χ0n) is 12.7. The van der Waals surface area contributed by atoms with Crippen LogP contribution in [0.2, 0.25) is 0 Å². The van der Waals surface area contributed by atoms with E-state index in [1.807, 2.05) is 17.9 Å². The molecule has 1 N–H and O–H groups in total. The molecule has 2 aromatic rings. The molecule has 1 aromatic carbocycles. The van der Waals surface area contributed by atoms with Crippen LogP contribution in [0.5, 0.6) is 0 Å². The van der Waals surface area contributed by atoms with Gasteiger partial charge in [-0.1, -0.05) is 15.9 Å².